The largest absolute Gasteiger partial charge is 0.482 e. The normalized spacial score (nSPS) is 13.9. The molecule has 3 heterocycles. The Morgan fingerprint density at radius 2 is 2.21 bits per heavy atom. The van der Waals surface area contributed by atoms with Gasteiger partial charge in [0, 0.05) is 30.1 Å². The number of carbonyl (C=O) groups excluding carboxylic acids is 1. The highest BCUT2D eigenvalue weighted by atomic mass is 16.5. The minimum atomic E-state index is -0.0586. The first-order chi connectivity index (χ1) is 11.7. The van der Waals surface area contributed by atoms with E-state index < -0.39 is 0 Å². The van der Waals surface area contributed by atoms with E-state index in [1.807, 2.05) is 54.0 Å². The number of anilines is 1. The van der Waals surface area contributed by atoms with Crippen LogP contribution >= 0.6 is 0 Å². The Bertz CT molecular complexity index is 932. The van der Waals surface area contributed by atoms with Crippen molar-refractivity contribution < 1.29 is 14.6 Å². The van der Waals surface area contributed by atoms with E-state index in [4.69, 9.17) is 4.74 Å². The maximum Gasteiger partial charge on any atom is 0.265 e. The van der Waals surface area contributed by atoms with Gasteiger partial charge in [0.1, 0.15) is 11.4 Å². The Labute approximate surface area is 138 Å². The number of imidazole rings is 1. The van der Waals surface area contributed by atoms with Gasteiger partial charge in [-0.1, -0.05) is 6.07 Å². The molecule has 0 radical (unpaired) electrons. The molecule has 3 aromatic rings. The minimum Gasteiger partial charge on any atom is -0.482 e. The van der Waals surface area contributed by atoms with Crippen molar-refractivity contribution in [2.24, 2.45) is 0 Å². The fourth-order valence-corrected chi connectivity index (χ4v) is 3.04. The number of benzene rings is 1. The number of aliphatic hydroxyl groups excluding tert-OH is 1. The van der Waals surface area contributed by atoms with Gasteiger partial charge in [-0.25, -0.2) is 4.98 Å². The summed E-state index contributed by atoms with van der Waals surface area (Å²) in [5, 5.41) is 9.46. The summed E-state index contributed by atoms with van der Waals surface area (Å²) in [6.45, 7) is 2.56. The number of pyridine rings is 1. The van der Waals surface area contributed by atoms with Gasteiger partial charge >= 0.3 is 0 Å². The van der Waals surface area contributed by atoms with Gasteiger partial charge in [-0.3, -0.25) is 4.79 Å². The first-order valence-electron chi connectivity index (χ1n) is 7.86. The van der Waals surface area contributed by atoms with Gasteiger partial charge < -0.3 is 19.1 Å². The molecule has 0 bridgehead atoms. The van der Waals surface area contributed by atoms with E-state index >= 15 is 0 Å². The van der Waals surface area contributed by atoms with Crippen LogP contribution in [-0.4, -0.2) is 33.6 Å². The standard InChI is InChI=1S/C18H17N3O3/c1-2-21-15-8-12(5-6-16(15)24-11-17(21)23)14-9-20-7-3-4-13(10-22)18(20)19-14/h3-9,22H,2,10-11H2,1H3. The smallest absolute Gasteiger partial charge is 0.265 e. The Morgan fingerprint density at radius 1 is 1.33 bits per heavy atom. The van der Waals surface area contributed by atoms with Crippen molar-refractivity contribution in [2.45, 2.75) is 13.5 Å². The highest BCUT2D eigenvalue weighted by molar-refractivity contribution is 5.98. The number of rotatable bonds is 3. The van der Waals surface area contributed by atoms with Crippen LogP contribution in [0.15, 0.2) is 42.7 Å². The lowest BCUT2D eigenvalue weighted by Crippen LogP contribution is -2.38. The third-order valence-corrected chi connectivity index (χ3v) is 4.25. The molecule has 2 aromatic heterocycles. The molecule has 0 aliphatic carbocycles. The monoisotopic (exact) mass is 323 g/mol. The van der Waals surface area contributed by atoms with Crippen LogP contribution in [0, 0.1) is 0 Å². The lowest BCUT2D eigenvalue weighted by molar-refractivity contribution is -0.121. The van der Waals surface area contributed by atoms with E-state index in [-0.39, 0.29) is 19.1 Å². The molecule has 0 unspecified atom stereocenters. The molecule has 1 N–H and O–H groups in total. The highest BCUT2D eigenvalue weighted by Crippen LogP contribution is 2.35. The summed E-state index contributed by atoms with van der Waals surface area (Å²) >= 11 is 0. The van der Waals surface area contributed by atoms with Crippen molar-refractivity contribution in [1.29, 1.82) is 0 Å². The third-order valence-electron chi connectivity index (χ3n) is 4.25. The second-order valence-electron chi connectivity index (χ2n) is 5.66. The number of carbonyl (C=O) groups is 1. The zero-order valence-electron chi connectivity index (χ0n) is 13.3. The van der Waals surface area contributed by atoms with Crippen molar-refractivity contribution in [3.8, 4) is 17.0 Å². The topological polar surface area (TPSA) is 67.1 Å². The van der Waals surface area contributed by atoms with Gasteiger partial charge in [0.2, 0.25) is 0 Å². The average molecular weight is 323 g/mol. The van der Waals surface area contributed by atoms with Gasteiger partial charge in [-0.2, -0.15) is 0 Å². The molecule has 24 heavy (non-hydrogen) atoms. The predicted molar refractivity (Wildman–Crippen MR) is 90.1 cm³/mol. The molecule has 1 aliphatic rings. The van der Waals surface area contributed by atoms with E-state index in [1.54, 1.807) is 4.90 Å². The zero-order chi connectivity index (χ0) is 16.7. The van der Waals surface area contributed by atoms with Crippen molar-refractivity contribution in [1.82, 2.24) is 9.38 Å². The van der Waals surface area contributed by atoms with Crippen LogP contribution in [-0.2, 0) is 11.4 Å². The lowest BCUT2D eigenvalue weighted by Gasteiger charge is -2.28. The van der Waals surface area contributed by atoms with Crippen LogP contribution in [0.4, 0.5) is 5.69 Å². The molecule has 0 fully saturated rings. The van der Waals surface area contributed by atoms with E-state index in [1.165, 1.54) is 0 Å². The second-order valence-corrected chi connectivity index (χ2v) is 5.66. The molecule has 0 spiro atoms. The zero-order valence-corrected chi connectivity index (χ0v) is 13.3. The van der Waals surface area contributed by atoms with E-state index in [2.05, 4.69) is 4.98 Å². The first-order valence-corrected chi connectivity index (χ1v) is 7.86. The van der Waals surface area contributed by atoms with Gasteiger partial charge in [0.15, 0.2) is 6.61 Å². The van der Waals surface area contributed by atoms with Crippen LogP contribution < -0.4 is 9.64 Å². The maximum atomic E-state index is 12.0. The van der Waals surface area contributed by atoms with Gasteiger partial charge in [-0.15, -0.1) is 0 Å². The Balaban J connectivity index is 1.83. The predicted octanol–water partition coefficient (Wildman–Crippen LogP) is 2.24. The number of amides is 1. The van der Waals surface area contributed by atoms with E-state index in [0.29, 0.717) is 12.3 Å². The summed E-state index contributed by atoms with van der Waals surface area (Å²) in [4.78, 5) is 18.4. The molecular weight excluding hydrogens is 306 g/mol. The number of hydrogen-bond donors (Lipinski definition) is 1. The van der Waals surface area contributed by atoms with Crippen LogP contribution in [0.25, 0.3) is 16.9 Å². The molecule has 122 valence electrons. The number of aromatic nitrogens is 2. The van der Waals surface area contributed by atoms with Crippen LogP contribution in [0.3, 0.4) is 0 Å². The number of likely N-dealkylation sites (N-methyl/N-ethyl adjacent to an activating group) is 1. The molecule has 4 rings (SSSR count). The van der Waals surface area contributed by atoms with E-state index in [9.17, 15) is 9.90 Å². The number of hydrogen-bond acceptors (Lipinski definition) is 4. The Kier molecular flexibility index (Phi) is 3.46. The fourth-order valence-electron chi connectivity index (χ4n) is 3.04. The summed E-state index contributed by atoms with van der Waals surface area (Å²) in [6, 6.07) is 9.46. The number of aliphatic hydroxyl groups is 1. The van der Waals surface area contributed by atoms with Crippen LogP contribution in [0.5, 0.6) is 5.75 Å². The van der Waals surface area contributed by atoms with Crippen LogP contribution in [0.1, 0.15) is 12.5 Å². The quantitative estimate of drug-likeness (QED) is 0.803. The second kappa shape index (κ2) is 5.65. The fraction of sp³-hybridized carbons (Fsp3) is 0.222. The third kappa shape index (κ3) is 2.23. The average Bonchev–Trinajstić information content (AvgIpc) is 3.05. The summed E-state index contributed by atoms with van der Waals surface area (Å²) < 4.78 is 7.39. The molecule has 6 heteroatoms. The van der Waals surface area contributed by atoms with Crippen LogP contribution in [0.2, 0.25) is 0 Å². The SMILES string of the molecule is CCN1C(=O)COc2ccc(-c3cn4cccc(CO)c4n3)cc21. The highest BCUT2D eigenvalue weighted by Gasteiger charge is 2.24. The van der Waals surface area contributed by atoms with Crippen molar-refractivity contribution in [3.05, 3.63) is 48.3 Å². The minimum absolute atomic E-state index is 0.0419. The Hall–Kier alpha value is -2.86. The van der Waals surface area contributed by atoms with Crippen molar-refractivity contribution >= 4 is 17.2 Å². The van der Waals surface area contributed by atoms with Gasteiger partial charge in [0.25, 0.3) is 5.91 Å². The van der Waals surface area contributed by atoms with Crippen molar-refractivity contribution in [2.75, 3.05) is 18.1 Å². The molecule has 0 atom stereocenters. The van der Waals surface area contributed by atoms with Gasteiger partial charge in [0.05, 0.1) is 18.0 Å². The lowest BCUT2D eigenvalue weighted by atomic mass is 10.1. The first kappa shape index (κ1) is 14.7. The molecule has 6 nitrogen and oxygen atoms in total. The number of fused-ring (bicyclic) bond motifs is 2. The Morgan fingerprint density at radius 3 is 3.00 bits per heavy atom. The molecule has 1 aromatic carbocycles. The number of nitrogens with zero attached hydrogens (tertiary/aromatic N) is 3. The molecule has 1 amide bonds. The summed E-state index contributed by atoms with van der Waals surface area (Å²) in [5.41, 5.74) is 3.96. The summed E-state index contributed by atoms with van der Waals surface area (Å²) in [7, 11) is 0. The molecular formula is C18H17N3O3. The number of ether oxygens (including phenoxy) is 1. The molecule has 1 aliphatic heterocycles. The molecule has 0 saturated heterocycles. The molecule has 0 saturated carbocycles. The summed E-state index contributed by atoms with van der Waals surface area (Å²) in [5.74, 6) is 0.666. The summed E-state index contributed by atoms with van der Waals surface area (Å²) in [6.07, 6.45) is 3.81. The van der Waals surface area contributed by atoms with Gasteiger partial charge in [-0.05, 0) is 31.2 Å². The van der Waals surface area contributed by atoms with E-state index in [0.717, 1.165) is 28.2 Å². The van der Waals surface area contributed by atoms with Crippen molar-refractivity contribution in [3.63, 3.8) is 0 Å². The maximum absolute atomic E-state index is 12.0.